The number of hydrogen-bond acceptors (Lipinski definition) is 10. The number of nitrogens with one attached hydrogen (secondary N) is 1. The summed E-state index contributed by atoms with van der Waals surface area (Å²) >= 11 is 0. The highest BCUT2D eigenvalue weighted by Crippen LogP contribution is 2.33. The van der Waals surface area contributed by atoms with Crippen LogP contribution in [0.3, 0.4) is 0 Å². The van der Waals surface area contributed by atoms with Gasteiger partial charge in [-0.05, 0) is 57.0 Å². The van der Waals surface area contributed by atoms with Gasteiger partial charge in [-0.3, -0.25) is 9.63 Å². The van der Waals surface area contributed by atoms with Crippen molar-refractivity contribution in [2.45, 2.75) is 51.0 Å². The van der Waals surface area contributed by atoms with Crippen LogP contribution in [0, 0.1) is 18.0 Å². The van der Waals surface area contributed by atoms with Crippen molar-refractivity contribution in [2.75, 3.05) is 19.7 Å². The first-order valence-corrected chi connectivity index (χ1v) is 15.5. The van der Waals surface area contributed by atoms with E-state index in [4.69, 9.17) is 9.57 Å². The number of aryl methyl sites for hydroxylation is 1. The van der Waals surface area contributed by atoms with Crippen LogP contribution in [0.5, 0.6) is 0 Å². The molecule has 46 heavy (non-hydrogen) atoms. The van der Waals surface area contributed by atoms with Gasteiger partial charge >= 0.3 is 12.3 Å². The molecule has 2 atom stereocenters. The highest BCUT2D eigenvalue weighted by atomic mass is 32.2. The van der Waals surface area contributed by atoms with Gasteiger partial charge in [-0.2, -0.15) is 18.3 Å². The molecule has 0 spiro atoms. The SMILES string of the molecule is CCOC(=O)OC(C)O/N=[N+](\[O-])N1CCCC(C(=O)NS(=O)(=O)c2ccc(-n3nc(C(F)(F)F)cc3-c3ccc(C)cc3)cc2)C1. The molecular weight excluding hydrogens is 637 g/mol. The summed E-state index contributed by atoms with van der Waals surface area (Å²) in [5.74, 6) is -1.78. The largest absolute Gasteiger partial charge is 0.569 e. The molecule has 2 heterocycles. The normalized spacial score (nSPS) is 16.4. The molecule has 2 aromatic carbocycles. The first kappa shape index (κ1) is 34.0. The maximum absolute atomic E-state index is 13.5. The molecule has 0 saturated carbocycles. The zero-order valence-corrected chi connectivity index (χ0v) is 25.7. The van der Waals surface area contributed by atoms with Gasteiger partial charge in [0, 0.05) is 12.5 Å². The second-order valence-corrected chi connectivity index (χ2v) is 11.9. The molecule has 14 nitrogen and oxygen atoms in total. The summed E-state index contributed by atoms with van der Waals surface area (Å²) in [7, 11) is -4.40. The van der Waals surface area contributed by atoms with E-state index in [1.807, 2.05) is 11.6 Å². The van der Waals surface area contributed by atoms with Crippen molar-refractivity contribution in [3.05, 3.63) is 71.1 Å². The van der Waals surface area contributed by atoms with E-state index in [0.717, 1.165) is 33.5 Å². The molecule has 1 fully saturated rings. The Morgan fingerprint density at radius 1 is 1.17 bits per heavy atom. The highest BCUT2D eigenvalue weighted by molar-refractivity contribution is 7.90. The predicted octanol–water partition coefficient (Wildman–Crippen LogP) is 4.71. The number of alkyl halides is 3. The van der Waals surface area contributed by atoms with Crippen LogP contribution in [-0.4, -0.2) is 66.2 Å². The van der Waals surface area contributed by atoms with Gasteiger partial charge in [0.2, 0.25) is 11.2 Å². The standard InChI is InChI=1S/C28H31F3N6O8S/c1-4-43-27(39)44-19(3)45-34-37(40)35-15-5-6-21(17-35)26(38)33-46(41,42)23-13-11-22(12-14-23)36-24(16-25(32-36)28(29,30)31)20-9-7-18(2)8-10-20/h7-14,16,19,21H,4-6,15,17H2,1-3H3,(H,33,38)/b37-34-. The number of hydrogen-bond donors (Lipinski definition) is 1. The molecule has 1 amide bonds. The molecule has 1 N–H and O–H groups in total. The van der Waals surface area contributed by atoms with E-state index in [1.54, 1.807) is 31.2 Å². The fourth-order valence-corrected chi connectivity index (χ4v) is 5.53. The number of hydrazine groups is 1. The van der Waals surface area contributed by atoms with Crippen molar-refractivity contribution in [3.63, 3.8) is 0 Å². The summed E-state index contributed by atoms with van der Waals surface area (Å²) in [5, 5.41) is 20.5. The Labute approximate surface area is 261 Å². The number of rotatable bonds is 10. The van der Waals surface area contributed by atoms with Gasteiger partial charge < -0.3 is 14.7 Å². The van der Waals surface area contributed by atoms with E-state index >= 15 is 0 Å². The number of halogens is 3. The fourth-order valence-electron chi connectivity index (χ4n) is 4.48. The number of piperidine rings is 1. The number of amides is 1. The summed E-state index contributed by atoms with van der Waals surface area (Å²) in [4.78, 5) is 28.8. The van der Waals surface area contributed by atoms with Crippen LogP contribution in [0.25, 0.3) is 16.9 Å². The third-order valence-electron chi connectivity index (χ3n) is 6.78. The van der Waals surface area contributed by atoms with Crippen LogP contribution in [0.1, 0.15) is 37.9 Å². The van der Waals surface area contributed by atoms with Gasteiger partial charge in [0.15, 0.2) is 5.69 Å². The molecule has 0 bridgehead atoms. The highest BCUT2D eigenvalue weighted by Gasteiger charge is 2.36. The number of sulfonamides is 1. The molecule has 4 rings (SSSR count). The summed E-state index contributed by atoms with van der Waals surface area (Å²) in [5.41, 5.74) is 0.551. The molecule has 1 aliphatic rings. The van der Waals surface area contributed by atoms with Crippen LogP contribution in [0.15, 0.2) is 64.8 Å². The maximum Gasteiger partial charge on any atom is 0.511 e. The van der Waals surface area contributed by atoms with Crippen molar-refractivity contribution in [3.8, 4) is 16.9 Å². The number of nitrogens with zero attached hydrogens (tertiary/aromatic N) is 5. The molecular formula is C28H31F3N6O8S. The quantitative estimate of drug-likeness (QED) is 0.105. The lowest BCUT2D eigenvalue weighted by Crippen LogP contribution is -2.46. The first-order valence-electron chi connectivity index (χ1n) is 14.0. The number of benzene rings is 2. The molecule has 1 aromatic heterocycles. The summed E-state index contributed by atoms with van der Waals surface area (Å²) in [6, 6.07) is 12.5. The molecule has 2 unspecified atom stereocenters. The fraction of sp³-hybridized carbons (Fsp3) is 0.393. The first-order chi connectivity index (χ1) is 21.7. The maximum atomic E-state index is 13.5. The van der Waals surface area contributed by atoms with Crippen LogP contribution in [-0.2, 0) is 35.3 Å². The monoisotopic (exact) mass is 668 g/mol. The minimum atomic E-state index is -4.71. The van der Waals surface area contributed by atoms with Crippen LogP contribution in [0.2, 0.25) is 0 Å². The smallest absolute Gasteiger partial charge is 0.511 e. The average Bonchev–Trinajstić information content (AvgIpc) is 3.47. The second kappa shape index (κ2) is 14.1. The van der Waals surface area contributed by atoms with Crippen LogP contribution >= 0.6 is 0 Å². The Kier molecular flexibility index (Phi) is 10.4. The molecule has 1 saturated heterocycles. The van der Waals surface area contributed by atoms with Crippen molar-refractivity contribution in [1.82, 2.24) is 19.5 Å². The lowest BCUT2D eigenvalue weighted by Gasteiger charge is -2.28. The molecule has 18 heteroatoms. The number of ether oxygens (including phenoxy) is 2. The van der Waals surface area contributed by atoms with Crippen molar-refractivity contribution in [1.29, 1.82) is 0 Å². The van der Waals surface area contributed by atoms with Crippen molar-refractivity contribution in [2.24, 2.45) is 11.2 Å². The lowest BCUT2D eigenvalue weighted by atomic mass is 9.99. The molecule has 1 aliphatic heterocycles. The summed E-state index contributed by atoms with van der Waals surface area (Å²) < 4.78 is 79.0. The second-order valence-electron chi connectivity index (χ2n) is 10.2. The van der Waals surface area contributed by atoms with Gasteiger partial charge in [-0.15, -0.1) is 5.01 Å². The van der Waals surface area contributed by atoms with Crippen molar-refractivity contribution < 1.29 is 50.5 Å². The average molecular weight is 669 g/mol. The van der Waals surface area contributed by atoms with E-state index in [0.29, 0.717) is 12.0 Å². The third kappa shape index (κ3) is 8.43. The molecule has 0 aliphatic carbocycles. The Hall–Kier alpha value is -4.87. The third-order valence-corrected chi connectivity index (χ3v) is 8.14. The predicted molar refractivity (Wildman–Crippen MR) is 153 cm³/mol. The number of aromatic nitrogens is 2. The Bertz CT molecular complexity index is 1680. The lowest BCUT2D eigenvalue weighted by molar-refractivity contribution is -0.715. The molecule has 3 aromatic rings. The van der Waals surface area contributed by atoms with Crippen LogP contribution < -0.4 is 4.72 Å². The van der Waals surface area contributed by atoms with Gasteiger partial charge in [-0.25, -0.2) is 22.6 Å². The molecule has 248 valence electrons. The Morgan fingerprint density at radius 3 is 2.48 bits per heavy atom. The van der Waals surface area contributed by atoms with Gasteiger partial charge in [0.05, 0.1) is 46.9 Å². The van der Waals surface area contributed by atoms with E-state index < -0.39 is 46.2 Å². The number of carbonyl (C=O) groups is 2. The van der Waals surface area contributed by atoms with Crippen LogP contribution in [0.4, 0.5) is 18.0 Å². The Morgan fingerprint density at radius 2 is 1.85 bits per heavy atom. The van der Waals surface area contributed by atoms with Gasteiger partial charge in [-0.1, -0.05) is 29.8 Å². The summed E-state index contributed by atoms with van der Waals surface area (Å²) in [6.45, 7) is 4.78. The van der Waals surface area contributed by atoms with Gasteiger partial charge in [0.25, 0.3) is 16.3 Å². The van der Waals surface area contributed by atoms with E-state index in [-0.39, 0.29) is 47.4 Å². The Balaban J connectivity index is 1.44. The zero-order valence-electron chi connectivity index (χ0n) is 24.9. The topological polar surface area (TPSA) is 167 Å². The van der Waals surface area contributed by atoms with E-state index in [2.05, 4.69) is 15.1 Å². The zero-order chi connectivity index (χ0) is 33.6. The minimum Gasteiger partial charge on any atom is -0.569 e. The number of carbonyl (C=O) groups excluding carboxylic acids is 2. The van der Waals surface area contributed by atoms with E-state index in [9.17, 15) is 36.4 Å². The van der Waals surface area contributed by atoms with E-state index in [1.165, 1.54) is 19.1 Å². The summed E-state index contributed by atoms with van der Waals surface area (Å²) in [6.07, 6.45) is -6.35. The van der Waals surface area contributed by atoms with Gasteiger partial charge in [0.1, 0.15) is 0 Å². The minimum absolute atomic E-state index is 0.0708. The molecule has 0 radical (unpaired) electrons. The van der Waals surface area contributed by atoms with Crippen molar-refractivity contribution >= 4 is 22.1 Å².